The van der Waals surface area contributed by atoms with Crippen molar-refractivity contribution in [1.82, 2.24) is 0 Å². The molecule has 0 aromatic rings. The van der Waals surface area contributed by atoms with Crippen LogP contribution in [0.3, 0.4) is 0 Å². The molecule has 2 nitrogen and oxygen atoms in total. The highest BCUT2D eigenvalue weighted by atomic mass is 16.3. The van der Waals surface area contributed by atoms with Gasteiger partial charge in [-0.3, -0.25) is 0 Å². The van der Waals surface area contributed by atoms with Gasteiger partial charge in [0.25, 0.3) is 0 Å². The maximum atomic E-state index is 9.61. The van der Waals surface area contributed by atoms with Crippen LogP contribution in [0, 0.1) is 17.2 Å². The first-order valence-electron chi connectivity index (χ1n) is 3.79. The van der Waals surface area contributed by atoms with E-state index in [0.29, 0.717) is 0 Å². The fourth-order valence-corrected chi connectivity index (χ4v) is 1.52. The molecule has 2 atom stereocenters. The lowest BCUT2D eigenvalue weighted by Gasteiger charge is -2.32. The van der Waals surface area contributed by atoms with Gasteiger partial charge in [0.15, 0.2) is 0 Å². The van der Waals surface area contributed by atoms with Crippen molar-refractivity contribution in [3.63, 3.8) is 0 Å². The standard InChI is InChI=1S/C8H13NO/c1-8(10)5-3-2-4-7(8)6-9/h7,10H,2-5H2,1H3/t7-,8+/m0/s1. The van der Waals surface area contributed by atoms with Crippen LogP contribution < -0.4 is 0 Å². The molecule has 10 heavy (non-hydrogen) atoms. The molecule has 0 aromatic carbocycles. The molecule has 2 heteroatoms. The third kappa shape index (κ3) is 1.30. The number of hydrogen-bond acceptors (Lipinski definition) is 2. The van der Waals surface area contributed by atoms with Crippen LogP contribution >= 0.6 is 0 Å². The van der Waals surface area contributed by atoms with Gasteiger partial charge in [0.1, 0.15) is 0 Å². The highest BCUT2D eigenvalue weighted by Crippen LogP contribution is 2.32. The monoisotopic (exact) mass is 139 g/mol. The molecule has 1 saturated carbocycles. The highest BCUT2D eigenvalue weighted by Gasteiger charge is 2.34. The van der Waals surface area contributed by atoms with Gasteiger partial charge in [-0.25, -0.2) is 0 Å². The van der Waals surface area contributed by atoms with Crippen molar-refractivity contribution in [2.75, 3.05) is 0 Å². The summed E-state index contributed by atoms with van der Waals surface area (Å²) in [6.45, 7) is 1.76. The maximum Gasteiger partial charge on any atom is 0.0777 e. The summed E-state index contributed by atoms with van der Waals surface area (Å²) in [7, 11) is 0. The van der Waals surface area contributed by atoms with Crippen LogP contribution in [0.15, 0.2) is 0 Å². The largest absolute Gasteiger partial charge is 0.389 e. The molecule has 56 valence electrons. The molecule has 1 aliphatic rings. The predicted octanol–water partition coefficient (Wildman–Crippen LogP) is 1.45. The van der Waals surface area contributed by atoms with E-state index in [1.54, 1.807) is 6.92 Å². The van der Waals surface area contributed by atoms with E-state index in [1.165, 1.54) is 0 Å². The molecule has 0 amide bonds. The minimum atomic E-state index is -0.715. The minimum absolute atomic E-state index is 0.138. The van der Waals surface area contributed by atoms with Gasteiger partial charge < -0.3 is 5.11 Å². The maximum absolute atomic E-state index is 9.61. The lowest BCUT2D eigenvalue weighted by atomic mass is 9.77. The van der Waals surface area contributed by atoms with Gasteiger partial charge in [0.2, 0.25) is 0 Å². The van der Waals surface area contributed by atoms with Crippen molar-refractivity contribution >= 4 is 0 Å². The predicted molar refractivity (Wildman–Crippen MR) is 38.2 cm³/mol. The molecule has 0 saturated heterocycles. The molecule has 1 aliphatic carbocycles. The fraction of sp³-hybridized carbons (Fsp3) is 0.875. The van der Waals surface area contributed by atoms with Crippen molar-refractivity contribution in [2.24, 2.45) is 5.92 Å². The minimum Gasteiger partial charge on any atom is -0.389 e. The summed E-state index contributed by atoms with van der Waals surface area (Å²) in [4.78, 5) is 0. The van der Waals surface area contributed by atoms with Crippen molar-refractivity contribution < 1.29 is 5.11 Å². The molecule has 0 aliphatic heterocycles. The van der Waals surface area contributed by atoms with Gasteiger partial charge in [-0.1, -0.05) is 12.8 Å². The van der Waals surface area contributed by atoms with E-state index in [4.69, 9.17) is 5.26 Å². The summed E-state index contributed by atoms with van der Waals surface area (Å²) in [6, 6.07) is 2.14. The Morgan fingerprint density at radius 1 is 1.60 bits per heavy atom. The van der Waals surface area contributed by atoms with Crippen LogP contribution in [-0.4, -0.2) is 10.7 Å². The Morgan fingerprint density at radius 2 is 2.30 bits per heavy atom. The number of nitriles is 1. The third-order valence-corrected chi connectivity index (χ3v) is 2.33. The second kappa shape index (κ2) is 2.59. The summed E-state index contributed by atoms with van der Waals surface area (Å²) in [5, 5.41) is 18.2. The molecule has 0 heterocycles. The van der Waals surface area contributed by atoms with Gasteiger partial charge in [0.05, 0.1) is 17.6 Å². The molecule has 0 unspecified atom stereocenters. The summed E-state index contributed by atoms with van der Waals surface area (Å²) in [5.41, 5.74) is -0.715. The average molecular weight is 139 g/mol. The zero-order valence-corrected chi connectivity index (χ0v) is 6.30. The summed E-state index contributed by atoms with van der Waals surface area (Å²) >= 11 is 0. The van der Waals surface area contributed by atoms with Gasteiger partial charge >= 0.3 is 0 Å². The Kier molecular flexibility index (Phi) is 1.96. The SMILES string of the molecule is C[C@@]1(O)CCCC[C@H]1C#N. The lowest BCUT2D eigenvalue weighted by molar-refractivity contribution is -0.00918. The quantitative estimate of drug-likeness (QED) is 0.552. The fourth-order valence-electron chi connectivity index (χ4n) is 1.52. The number of rotatable bonds is 0. The van der Waals surface area contributed by atoms with E-state index in [0.717, 1.165) is 25.7 Å². The van der Waals surface area contributed by atoms with Crippen molar-refractivity contribution in [1.29, 1.82) is 5.26 Å². The molecule has 1 fully saturated rings. The molecule has 1 N–H and O–H groups in total. The van der Waals surface area contributed by atoms with Crippen LogP contribution in [0.25, 0.3) is 0 Å². The first-order valence-corrected chi connectivity index (χ1v) is 3.79. The van der Waals surface area contributed by atoms with Crippen LogP contribution in [0.4, 0.5) is 0 Å². The second-order valence-electron chi connectivity index (χ2n) is 3.28. The van der Waals surface area contributed by atoms with Crippen molar-refractivity contribution in [2.45, 2.75) is 38.2 Å². The average Bonchev–Trinajstić information content (AvgIpc) is 1.87. The highest BCUT2D eigenvalue weighted by molar-refractivity contribution is 4.98. The molecule has 1 rings (SSSR count). The van der Waals surface area contributed by atoms with Gasteiger partial charge in [0, 0.05) is 0 Å². The van der Waals surface area contributed by atoms with E-state index >= 15 is 0 Å². The van der Waals surface area contributed by atoms with Crippen LogP contribution in [-0.2, 0) is 0 Å². The Balaban J connectivity index is 2.62. The normalized spacial score (nSPS) is 40.7. The van der Waals surface area contributed by atoms with Crippen LogP contribution in [0.5, 0.6) is 0 Å². The Labute approximate surface area is 61.5 Å². The van der Waals surface area contributed by atoms with Crippen molar-refractivity contribution in [3.8, 4) is 6.07 Å². The topological polar surface area (TPSA) is 44.0 Å². The van der Waals surface area contributed by atoms with E-state index in [1.807, 2.05) is 0 Å². The third-order valence-electron chi connectivity index (χ3n) is 2.33. The molecule has 0 radical (unpaired) electrons. The van der Waals surface area contributed by atoms with Crippen LogP contribution in [0.2, 0.25) is 0 Å². The number of aliphatic hydroxyl groups is 1. The van der Waals surface area contributed by atoms with E-state index < -0.39 is 5.60 Å². The van der Waals surface area contributed by atoms with Crippen LogP contribution in [0.1, 0.15) is 32.6 Å². The van der Waals surface area contributed by atoms with Gasteiger partial charge in [-0.2, -0.15) is 5.26 Å². The molecular weight excluding hydrogens is 126 g/mol. The summed E-state index contributed by atoms with van der Waals surface area (Å²) in [5.74, 6) is -0.138. The van der Waals surface area contributed by atoms with E-state index in [9.17, 15) is 5.11 Å². The summed E-state index contributed by atoms with van der Waals surface area (Å²) < 4.78 is 0. The smallest absolute Gasteiger partial charge is 0.0777 e. The Hall–Kier alpha value is -0.550. The van der Waals surface area contributed by atoms with Crippen molar-refractivity contribution in [3.05, 3.63) is 0 Å². The van der Waals surface area contributed by atoms with Gasteiger partial charge in [-0.15, -0.1) is 0 Å². The number of nitrogens with zero attached hydrogens (tertiary/aromatic N) is 1. The molecule has 0 bridgehead atoms. The second-order valence-corrected chi connectivity index (χ2v) is 3.28. The first kappa shape index (κ1) is 7.56. The van der Waals surface area contributed by atoms with Gasteiger partial charge in [-0.05, 0) is 19.8 Å². The Morgan fingerprint density at radius 3 is 2.70 bits per heavy atom. The summed E-state index contributed by atoms with van der Waals surface area (Å²) in [6.07, 6.45) is 3.80. The van der Waals surface area contributed by atoms with E-state index in [-0.39, 0.29) is 5.92 Å². The molecule has 0 spiro atoms. The zero-order valence-electron chi connectivity index (χ0n) is 6.30. The lowest BCUT2D eigenvalue weighted by Crippen LogP contribution is -2.36. The van der Waals surface area contributed by atoms with E-state index in [2.05, 4.69) is 6.07 Å². The Bertz CT molecular complexity index is 157. The number of hydrogen-bond donors (Lipinski definition) is 1. The molecular formula is C8H13NO. The molecule has 0 aromatic heterocycles. The first-order chi connectivity index (χ1) is 4.67. The zero-order chi connectivity index (χ0) is 7.61.